The summed E-state index contributed by atoms with van der Waals surface area (Å²) >= 11 is 0. The number of nitrogens with one attached hydrogen (secondary N) is 12. The van der Waals surface area contributed by atoms with Gasteiger partial charge in [-0.1, -0.05) is 131 Å². The molecule has 1 fully saturated rings. The topological polar surface area (TPSA) is 555 Å². The van der Waals surface area contributed by atoms with E-state index in [1.807, 2.05) is 0 Å². The Morgan fingerprint density at radius 2 is 0.802 bits per heavy atom. The predicted octanol–water partition coefficient (Wildman–Crippen LogP) is -3.53. The van der Waals surface area contributed by atoms with Crippen LogP contribution in [0.25, 0.3) is 10.9 Å². The molecule has 2 heterocycles. The maximum absolute atomic E-state index is 15.3. The lowest BCUT2D eigenvalue weighted by atomic mass is 10.00. The molecule has 1 saturated heterocycles. The molecule has 12 amide bonds. The Morgan fingerprint density at radius 1 is 0.443 bits per heavy atom. The number of aromatic nitrogens is 1. The summed E-state index contributed by atoms with van der Waals surface area (Å²) in [6.45, 7) is 1.45. The van der Waals surface area contributed by atoms with Crippen molar-refractivity contribution < 1.29 is 82.8 Å². The first-order chi connectivity index (χ1) is 50.7. The van der Waals surface area contributed by atoms with Crippen LogP contribution in [0.2, 0.25) is 0 Å². The van der Waals surface area contributed by atoms with Crippen LogP contribution >= 0.6 is 21.6 Å². The number of primary amides is 1. The molecule has 24 N–H and O–H groups in total. The van der Waals surface area contributed by atoms with Crippen LogP contribution in [-0.4, -0.2) is 218 Å². The zero-order valence-corrected chi connectivity index (χ0v) is 60.3. The van der Waals surface area contributed by atoms with Gasteiger partial charge in [0, 0.05) is 54.3 Å². The van der Waals surface area contributed by atoms with Gasteiger partial charge in [-0.15, -0.1) is 0 Å². The van der Waals surface area contributed by atoms with Gasteiger partial charge in [0.1, 0.15) is 66.5 Å². The van der Waals surface area contributed by atoms with Crippen LogP contribution in [0.5, 0.6) is 0 Å². The van der Waals surface area contributed by atoms with E-state index in [1.165, 1.54) is 0 Å². The summed E-state index contributed by atoms with van der Waals surface area (Å²) in [6, 6.07) is 12.0. The fourth-order valence-corrected chi connectivity index (χ4v) is 13.6. The lowest BCUT2D eigenvalue weighted by Crippen LogP contribution is -2.63. The zero-order chi connectivity index (χ0) is 77.4. The number of rotatable bonds is 22. The van der Waals surface area contributed by atoms with Gasteiger partial charge in [-0.05, 0) is 93.8 Å². The Labute approximate surface area is 619 Å². The van der Waals surface area contributed by atoms with Crippen molar-refractivity contribution in [1.82, 2.24) is 63.5 Å². The number of fused-ring (bicyclic) bond motifs is 1. The number of carboxylic acids is 1. The summed E-state index contributed by atoms with van der Waals surface area (Å²) in [5.74, 6) is -14.9. The molecule has 0 saturated carbocycles. The number of carboxylic acid groups (broad SMARTS) is 1. The van der Waals surface area contributed by atoms with E-state index in [-0.39, 0.29) is 70.2 Å². The number of hydrogen-bond acceptors (Lipinski definition) is 21. The number of aliphatic carboxylic acids is 1. The Hall–Kier alpha value is -10.0. The third kappa shape index (κ3) is 27.2. The minimum Gasteiger partial charge on any atom is -0.480 e. The summed E-state index contributed by atoms with van der Waals surface area (Å²) in [4.78, 5) is 188. The van der Waals surface area contributed by atoms with Gasteiger partial charge >= 0.3 is 5.97 Å². The molecule has 1 aliphatic heterocycles. The molecule has 0 bridgehead atoms. The van der Waals surface area contributed by atoms with Crippen molar-refractivity contribution in [3.05, 3.63) is 144 Å². The van der Waals surface area contributed by atoms with Crippen LogP contribution in [-0.2, 0) is 88.0 Å². The van der Waals surface area contributed by atoms with Crippen LogP contribution in [0.1, 0.15) is 81.0 Å². The summed E-state index contributed by atoms with van der Waals surface area (Å²) < 4.78 is 0. The number of benzene rings is 4. The van der Waals surface area contributed by atoms with E-state index in [0.717, 1.165) is 35.4 Å². The normalized spacial score (nSPS) is 24.6. The van der Waals surface area contributed by atoms with Gasteiger partial charge in [-0.3, -0.25) is 57.5 Å². The van der Waals surface area contributed by atoms with Crippen LogP contribution in [0.15, 0.2) is 121 Å². The molecule has 4 unspecified atom stereocenters. The lowest BCUT2D eigenvalue weighted by molar-refractivity contribution is -0.142. The highest BCUT2D eigenvalue weighted by molar-refractivity contribution is 8.76. The fourth-order valence-electron chi connectivity index (χ4n) is 11.3. The Morgan fingerprint density at radius 3 is 1.25 bits per heavy atom. The highest BCUT2D eigenvalue weighted by Crippen LogP contribution is 2.24. The second kappa shape index (κ2) is 43.4. The van der Waals surface area contributed by atoms with E-state index in [9.17, 15) is 68.4 Å². The minimum absolute atomic E-state index is 0.0734. The van der Waals surface area contributed by atoms with Crippen LogP contribution in [0.3, 0.4) is 0 Å². The average molecular weight is 1510 g/mol. The molecule has 574 valence electrons. The standard InChI is InChI=1S/C71H96N16O17S2/c1-39(89)58-69(101)83-52(32-43-22-10-5-11-23-43)67(99)87-59(40(2)90)70(102)84-55(36-88)68(100)85-56(71(103)104)38-106-105-37-46(74)60(92)77-48(26-14-16-28-72)61(93)82-54(34-57(75)91)66(98)80-50(30-41-18-6-3-7-19-41)63(95)79-51(31-42-20-8-4-9-21-42)64(96)81-53(33-44-35-76-47-25-13-12-24-45(44)47)65(97)78-49(62(94)86-58)27-15-17-29-73/h3-13,18-25,35,39-40,46,48-56,58-59,76,88-90H,14-17,26-34,36-38,72-74H2,1-2H3,(H2,75,91)(H,77,92)(H,78,97)(H,79,95)(H,80,98)(H,81,96)(H,82,93)(H,83,101)(H,84,102)(H,85,100)(H,86,94)(H,87,99)(H,103,104)/t39-,40-,46+,48+,49+,50?,51+,52?,53?,54+,55?,56+,58+,59+/m1/s1. The number of aromatic amines is 1. The molecule has 14 atom stereocenters. The number of carbonyl (C=O) groups is 13. The second-order valence-electron chi connectivity index (χ2n) is 25.6. The Bertz CT molecular complexity index is 3790. The maximum Gasteiger partial charge on any atom is 0.327 e. The molecule has 1 aliphatic rings. The molecule has 106 heavy (non-hydrogen) atoms. The first-order valence-electron chi connectivity index (χ1n) is 34.6. The van der Waals surface area contributed by atoms with Crippen LogP contribution < -0.4 is 81.4 Å². The van der Waals surface area contributed by atoms with Crippen molar-refractivity contribution in [2.75, 3.05) is 31.2 Å². The van der Waals surface area contributed by atoms with Gasteiger partial charge in [0.05, 0.1) is 31.3 Å². The number of aliphatic hydroxyl groups excluding tert-OH is 3. The summed E-state index contributed by atoms with van der Waals surface area (Å²) in [5, 5.41) is 71.1. The van der Waals surface area contributed by atoms with Crippen molar-refractivity contribution in [1.29, 1.82) is 0 Å². The van der Waals surface area contributed by atoms with Gasteiger partial charge < -0.3 is 107 Å². The van der Waals surface area contributed by atoms with Gasteiger partial charge in [-0.2, -0.15) is 0 Å². The third-order valence-corrected chi connectivity index (χ3v) is 19.6. The molecule has 33 nitrogen and oxygen atoms in total. The summed E-state index contributed by atoms with van der Waals surface area (Å²) in [7, 11) is 1.73. The molecule has 1 aromatic heterocycles. The highest BCUT2D eigenvalue weighted by atomic mass is 33.1. The van der Waals surface area contributed by atoms with Crippen LogP contribution in [0.4, 0.5) is 0 Å². The van der Waals surface area contributed by atoms with Gasteiger partial charge in [-0.25, -0.2) is 4.79 Å². The van der Waals surface area contributed by atoms with Gasteiger partial charge in [0.15, 0.2) is 0 Å². The van der Waals surface area contributed by atoms with Gasteiger partial charge in [0.2, 0.25) is 70.9 Å². The average Bonchev–Trinajstić information content (AvgIpc) is 1.76. The van der Waals surface area contributed by atoms with Crippen LogP contribution in [0, 0.1) is 0 Å². The smallest absolute Gasteiger partial charge is 0.327 e. The van der Waals surface area contributed by atoms with Crippen molar-refractivity contribution >= 4 is 109 Å². The number of para-hydroxylation sites is 1. The fraction of sp³-hybridized carbons (Fsp3) is 0.451. The number of unbranched alkanes of at least 4 members (excludes halogenated alkanes) is 2. The minimum atomic E-state index is -1.93. The lowest BCUT2D eigenvalue weighted by Gasteiger charge is -2.29. The second-order valence-corrected chi connectivity index (χ2v) is 28.1. The number of carbonyl (C=O) groups excluding carboxylic acids is 12. The molecule has 4 aromatic carbocycles. The molecule has 5 aromatic rings. The van der Waals surface area contributed by atoms with Crippen molar-refractivity contribution in [3.63, 3.8) is 0 Å². The van der Waals surface area contributed by atoms with E-state index < -0.39 is 180 Å². The van der Waals surface area contributed by atoms with E-state index in [2.05, 4.69) is 63.5 Å². The zero-order valence-electron chi connectivity index (χ0n) is 58.7. The van der Waals surface area contributed by atoms with Crippen molar-refractivity contribution in [2.45, 2.75) is 169 Å². The van der Waals surface area contributed by atoms with E-state index >= 15 is 14.4 Å². The Kier molecular flexibility index (Phi) is 34.8. The number of H-pyrrole nitrogens is 1. The monoisotopic (exact) mass is 1510 g/mol. The van der Waals surface area contributed by atoms with E-state index in [1.54, 1.807) is 121 Å². The quantitative estimate of drug-likeness (QED) is 0.0236. The maximum atomic E-state index is 15.3. The molecule has 6 rings (SSSR count). The first kappa shape index (κ1) is 84.9. The summed E-state index contributed by atoms with van der Waals surface area (Å²) in [6.07, 6.45) is -2.78. The molecule has 35 heteroatoms. The molecular weight excluding hydrogens is 1410 g/mol. The number of aliphatic hydroxyl groups is 3. The number of amides is 12. The van der Waals surface area contributed by atoms with Crippen molar-refractivity contribution in [2.24, 2.45) is 22.9 Å². The molecular formula is C71H96N16O17S2. The molecule has 0 aliphatic carbocycles. The van der Waals surface area contributed by atoms with E-state index in [0.29, 0.717) is 46.0 Å². The SMILES string of the molecule is C[C@@H](O)[C@@H]1NC(=O)C(Cc2ccccc2)NC(=O)[C@H]([C@@H](C)O)NC(=O)[C@H](CCCCN)NC(=O)C(Cc2c[nH]c3ccccc23)NC(=O)[C@H](Cc2ccccc2)NC(=O)C(Cc2ccccc2)NC(=O)[C@H](CC(N)=O)NC(=O)[C@H](CCCCN)NC(=O)[C@@H](N)CSSC[C@@H](C(=O)O)NC(=O)C(CO)NC1=O. The predicted molar refractivity (Wildman–Crippen MR) is 394 cm³/mol. The third-order valence-electron chi connectivity index (χ3n) is 17.1. The molecule has 0 spiro atoms. The first-order valence-corrected chi connectivity index (χ1v) is 37.1. The Balaban J connectivity index is 1.43. The van der Waals surface area contributed by atoms with Crippen molar-refractivity contribution in [3.8, 4) is 0 Å². The number of hydrogen-bond donors (Lipinski definition) is 20. The van der Waals surface area contributed by atoms with Gasteiger partial charge in [0.25, 0.3) is 0 Å². The van der Waals surface area contributed by atoms with E-state index in [4.69, 9.17) is 22.9 Å². The summed E-state index contributed by atoms with van der Waals surface area (Å²) in [5.41, 5.74) is 26.3. The molecule has 0 radical (unpaired) electrons. The highest BCUT2D eigenvalue weighted by Gasteiger charge is 2.39. The number of nitrogens with two attached hydrogens (primary N) is 4. The largest absolute Gasteiger partial charge is 0.480 e.